The molecule has 0 bridgehead atoms. The molecule has 0 amide bonds. The molecule has 0 spiro atoms. The summed E-state index contributed by atoms with van der Waals surface area (Å²) in [5.74, 6) is 0.705. The van der Waals surface area contributed by atoms with E-state index in [2.05, 4.69) is 0 Å². The van der Waals surface area contributed by atoms with Crippen LogP contribution in [0.3, 0.4) is 0 Å². The zero-order valence-corrected chi connectivity index (χ0v) is 15.8. The van der Waals surface area contributed by atoms with Crippen molar-refractivity contribution >= 4 is 34.3 Å². The van der Waals surface area contributed by atoms with Gasteiger partial charge in [0.15, 0.2) is 5.16 Å². The number of halogens is 1. The van der Waals surface area contributed by atoms with Crippen LogP contribution in [0.4, 0.5) is 0 Å². The Labute approximate surface area is 161 Å². The molecular weight excluding hydrogens is 368 g/mol. The van der Waals surface area contributed by atoms with Crippen molar-refractivity contribution in [3.05, 3.63) is 69.5 Å². The molecule has 134 valence electrons. The Morgan fingerprint density at radius 3 is 2.92 bits per heavy atom. The first-order valence-corrected chi connectivity index (χ1v) is 10.1. The van der Waals surface area contributed by atoms with Crippen molar-refractivity contribution in [2.75, 3.05) is 6.61 Å². The van der Waals surface area contributed by atoms with E-state index in [9.17, 15) is 4.79 Å². The number of nitrogens with zero attached hydrogens (tertiary/aromatic N) is 2. The molecule has 4 rings (SSSR count). The predicted octanol–water partition coefficient (Wildman–Crippen LogP) is 4.52. The smallest absolute Gasteiger partial charge is 0.262 e. The van der Waals surface area contributed by atoms with Crippen molar-refractivity contribution < 1.29 is 4.74 Å². The Morgan fingerprint density at radius 1 is 1.23 bits per heavy atom. The molecule has 0 saturated carbocycles. The SMILES string of the molecule is O=c1c2ccccc2nc(SCc2cccc(Cl)c2)n1C[C@@H]1CCCO1. The molecule has 0 unspecified atom stereocenters. The fraction of sp³-hybridized carbons (Fsp3) is 0.300. The van der Waals surface area contributed by atoms with Gasteiger partial charge in [-0.1, -0.05) is 47.6 Å². The molecule has 1 fully saturated rings. The number of rotatable bonds is 5. The van der Waals surface area contributed by atoms with Gasteiger partial charge in [0.05, 0.1) is 23.6 Å². The van der Waals surface area contributed by atoms with Crippen LogP contribution in [0.1, 0.15) is 18.4 Å². The summed E-state index contributed by atoms with van der Waals surface area (Å²) in [6.45, 7) is 1.32. The molecule has 0 radical (unpaired) electrons. The fourth-order valence-corrected chi connectivity index (χ4v) is 4.35. The standard InChI is InChI=1S/C20H19ClN2O2S/c21-15-6-3-5-14(11-15)13-26-20-22-18-9-2-1-8-17(18)19(24)23(20)12-16-7-4-10-25-16/h1-3,5-6,8-9,11,16H,4,7,10,12-13H2/t16-/m0/s1. The van der Waals surface area contributed by atoms with Gasteiger partial charge in [-0.2, -0.15) is 0 Å². The summed E-state index contributed by atoms with van der Waals surface area (Å²) in [5, 5.41) is 2.09. The van der Waals surface area contributed by atoms with Gasteiger partial charge in [-0.25, -0.2) is 4.98 Å². The molecule has 2 aromatic carbocycles. The maximum absolute atomic E-state index is 13.0. The van der Waals surface area contributed by atoms with Crippen LogP contribution in [0.15, 0.2) is 58.5 Å². The highest BCUT2D eigenvalue weighted by atomic mass is 35.5. The third kappa shape index (κ3) is 3.80. The lowest BCUT2D eigenvalue weighted by atomic mass is 10.2. The number of aromatic nitrogens is 2. The topological polar surface area (TPSA) is 44.1 Å². The molecule has 0 N–H and O–H groups in total. The maximum atomic E-state index is 13.0. The first kappa shape index (κ1) is 17.6. The van der Waals surface area contributed by atoms with Gasteiger partial charge in [-0.05, 0) is 42.7 Å². The minimum absolute atomic E-state index is 0.000283. The van der Waals surface area contributed by atoms with E-state index in [4.69, 9.17) is 21.3 Å². The largest absolute Gasteiger partial charge is 0.376 e. The number of ether oxygens (including phenoxy) is 1. The monoisotopic (exact) mass is 386 g/mol. The average molecular weight is 387 g/mol. The van der Waals surface area contributed by atoms with E-state index in [1.54, 1.807) is 16.3 Å². The second kappa shape index (κ2) is 7.82. The Bertz CT molecular complexity index is 983. The van der Waals surface area contributed by atoms with Gasteiger partial charge in [0.2, 0.25) is 0 Å². The number of thioether (sulfide) groups is 1. The van der Waals surface area contributed by atoms with Crippen LogP contribution in [-0.4, -0.2) is 22.3 Å². The third-order valence-corrected chi connectivity index (χ3v) is 5.78. The van der Waals surface area contributed by atoms with Gasteiger partial charge >= 0.3 is 0 Å². The second-order valence-corrected chi connectivity index (χ2v) is 7.76. The highest BCUT2D eigenvalue weighted by Crippen LogP contribution is 2.25. The van der Waals surface area contributed by atoms with Crippen LogP contribution >= 0.6 is 23.4 Å². The molecule has 6 heteroatoms. The minimum Gasteiger partial charge on any atom is -0.376 e. The van der Waals surface area contributed by atoms with Gasteiger partial charge in [0.25, 0.3) is 5.56 Å². The van der Waals surface area contributed by atoms with Crippen molar-refractivity contribution in [1.29, 1.82) is 0 Å². The molecule has 4 nitrogen and oxygen atoms in total. The van der Waals surface area contributed by atoms with Crippen LogP contribution in [0, 0.1) is 0 Å². The number of hydrogen-bond donors (Lipinski definition) is 0. The number of para-hydroxylation sites is 1. The van der Waals surface area contributed by atoms with Gasteiger partial charge in [0, 0.05) is 17.4 Å². The van der Waals surface area contributed by atoms with Gasteiger partial charge < -0.3 is 4.74 Å². The summed E-state index contributed by atoms with van der Waals surface area (Å²) >= 11 is 7.64. The van der Waals surface area contributed by atoms with Crippen molar-refractivity contribution in [3.8, 4) is 0 Å². The Morgan fingerprint density at radius 2 is 2.12 bits per heavy atom. The van der Waals surface area contributed by atoms with E-state index in [1.807, 2.05) is 48.5 Å². The maximum Gasteiger partial charge on any atom is 0.262 e. The van der Waals surface area contributed by atoms with Crippen molar-refractivity contribution in [3.63, 3.8) is 0 Å². The molecule has 1 atom stereocenters. The van der Waals surface area contributed by atoms with Crippen LogP contribution in [0.25, 0.3) is 10.9 Å². The van der Waals surface area contributed by atoms with E-state index in [-0.39, 0.29) is 11.7 Å². The quantitative estimate of drug-likeness (QED) is 0.477. The number of benzene rings is 2. The summed E-state index contributed by atoms with van der Waals surface area (Å²) in [6.07, 6.45) is 2.12. The van der Waals surface area contributed by atoms with Crippen LogP contribution in [0.5, 0.6) is 0 Å². The lowest BCUT2D eigenvalue weighted by Gasteiger charge is -2.16. The molecule has 2 heterocycles. The molecule has 0 aliphatic carbocycles. The zero-order chi connectivity index (χ0) is 17.9. The third-order valence-electron chi connectivity index (χ3n) is 4.49. The Balaban J connectivity index is 1.69. The molecular formula is C20H19ClN2O2S. The lowest BCUT2D eigenvalue weighted by molar-refractivity contribution is 0.0937. The van der Waals surface area contributed by atoms with Crippen LogP contribution in [-0.2, 0) is 17.0 Å². The number of hydrogen-bond acceptors (Lipinski definition) is 4. The second-order valence-electron chi connectivity index (χ2n) is 6.38. The minimum atomic E-state index is -0.000283. The summed E-state index contributed by atoms with van der Waals surface area (Å²) in [6, 6.07) is 15.3. The lowest BCUT2D eigenvalue weighted by Crippen LogP contribution is -2.28. The fourth-order valence-electron chi connectivity index (χ4n) is 3.19. The first-order valence-electron chi connectivity index (χ1n) is 8.69. The summed E-state index contributed by atoms with van der Waals surface area (Å²) in [7, 11) is 0. The van der Waals surface area contributed by atoms with Crippen molar-refractivity contribution in [2.24, 2.45) is 0 Å². The molecule has 1 aliphatic heterocycles. The Kier molecular flexibility index (Phi) is 5.29. The summed E-state index contributed by atoms with van der Waals surface area (Å²) < 4.78 is 7.51. The van der Waals surface area contributed by atoms with Crippen molar-refractivity contribution in [1.82, 2.24) is 9.55 Å². The first-order chi connectivity index (χ1) is 12.7. The zero-order valence-electron chi connectivity index (χ0n) is 14.2. The van der Waals surface area contributed by atoms with Crippen LogP contribution in [0.2, 0.25) is 5.02 Å². The highest BCUT2D eigenvalue weighted by molar-refractivity contribution is 7.98. The number of fused-ring (bicyclic) bond motifs is 1. The normalized spacial score (nSPS) is 17.0. The average Bonchev–Trinajstić information content (AvgIpc) is 3.16. The van der Waals surface area contributed by atoms with Gasteiger partial charge in [-0.15, -0.1) is 0 Å². The predicted molar refractivity (Wildman–Crippen MR) is 106 cm³/mol. The van der Waals surface area contributed by atoms with E-state index in [0.29, 0.717) is 22.7 Å². The summed E-state index contributed by atoms with van der Waals surface area (Å²) in [4.78, 5) is 17.8. The molecule has 1 aliphatic rings. The van der Waals surface area contributed by atoms with E-state index < -0.39 is 0 Å². The summed E-state index contributed by atoms with van der Waals surface area (Å²) in [5.41, 5.74) is 1.84. The van der Waals surface area contributed by atoms with E-state index in [1.165, 1.54) is 0 Å². The van der Waals surface area contributed by atoms with Crippen molar-refractivity contribution in [2.45, 2.75) is 36.4 Å². The van der Waals surface area contributed by atoms with E-state index in [0.717, 1.165) is 35.7 Å². The highest BCUT2D eigenvalue weighted by Gasteiger charge is 2.20. The molecule has 3 aromatic rings. The van der Waals surface area contributed by atoms with E-state index >= 15 is 0 Å². The van der Waals surface area contributed by atoms with Gasteiger partial charge in [0.1, 0.15) is 0 Å². The molecule has 1 aromatic heterocycles. The van der Waals surface area contributed by atoms with Crippen LogP contribution < -0.4 is 5.56 Å². The molecule has 1 saturated heterocycles. The Hall–Kier alpha value is -1.82. The molecule has 26 heavy (non-hydrogen) atoms. The van der Waals surface area contributed by atoms with Gasteiger partial charge in [-0.3, -0.25) is 9.36 Å².